The zero-order valence-electron chi connectivity index (χ0n) is 10.9. The SMILES string of the molecule is CCN(CC)CCCNC(=O)c1cncc(Br)c1. The van der Waals surface area contributed by atoms with Gasteiger partial charge in [-0.25, -0.2) is 0 Å². The summed E-state index contributed by atoms with van der Waals surface area (Å²) in [5, 5.41) is 2.90. The zero-order chi connectivity index (χ0) is 13.4. The molecule has 1 rings (SSSR count). The quantitative estimate of drug-likeness (QED) is 0.786. The van der Waals surface area contributed by atoms with Gasteiger partial charge in [0.05, 0.1) is 5.56 Å². The van der Waals surface area contributed by atoms with Crippen molar-refractivity contribution in [3.05, 3.63) is 28.5 Å². The molecule has 1 amide bonds. The minimum absolute atomic E-state index is 0.0663. The highest BCUT2D eigenvalue weighted by atomic mass is 79.9. The van der Waals surface area contributed by atoms with Crippen LogP contribution in [0.3, 0.4) is 0 Å². The van der Waals surface area contributed by atoms with E-state index >= 15 is 0 Å². The monoisotopic (exact) mass is 313 g/mol. The largest absolute Gasteiger partial charge is 0.352 e. The Balaban J connectivity index is 2.29. The van der Waals surface area contributed by atoms with E-state index in [-0.39, 0.29) is 5.91 Å². The van der Waals surface area contributed by atoms with Crippen molar-refractivity contribution < 1.29 is 4.79 Å². The molecule has 18 heavy (non-hydrogen) atoms. The third-order valence-corrected chi connectivity index (χ3v) is 3.23. The van der Waals surface area contributed by atoms with Crippen LogP contribution in [0.2, 0.25) is 0 Å². The molecular formula is C13H20BrN3O. The third kappa shape index (κ3) is 5.14. The first-order valence-electron chi connectivity index (χ1n) is 6.28. The van der Waals surface area contributed by atoms with Crippen LogP contribution in [0.15, 0.2) is 22.9 Å². The smallest absolute Gasteiger partial charge is 0.252 e. The van der Waals surface area contributed by atoms with Gasteiger partial charge >= 0.3 is 0 Å². The van der Waals surface area contributed by atoms with E-state index in [0.29, 0.717) is 12.1 Å². The maximum absolute atomic E-state index is 11.8. The number of aromatic nitrogens is 1. The summed E-state index contributed by atoms with van der Waals surface area (Å²) in [6, 6.07) is 1.77. The number of nitrogens with one attached hydrogen (secondary N) is 1. The number of rotatable bonds is 7. The fraction of sp³-hybridized carbons (Fsp3) is 0.538. The molecule has 4 nitrogen and oxygen atoms in total. The van der Waals surface area contributed by atoms with Gasteiger partial charge in [0.2, 0.25) is 0 Å². The normalized spacial score (nSPS) is 10.7. The van der Waals surface area contributed by atoms with Crippen molar-refractivity contribution in [3.63, 3.8) is 0 Å². The average Bonchev–Trinajstić information content (AvgIpc) is 2.38. The van der Waals surface area contributed by atoms with Gasteiger partial charge in [-0.1, -0.05) is 13.8 Å². The van der Waals surface area contributed by atoms with Gasteiger partial charge in [0.25, 0.3) is 5.91 Å². The Kier molecular flexibility index (Phi) is 6.90. The first kappa shape index (κ1) is 15.1. The molecule has 5 heteroatoms. The summed E-state index contributed by atoms with van der Waals surface area (Å²) in [6.07, 6.45) is 4.20. The molecule has 1 heterocycles. The second-order valence-corrected chi connectivity index (χ2v) is 4.94. The number of hydrogen-bond acceptors (Lipinski definition) is 3. The minimum atomic E-state index is -0.0663. The molecule has 0 aliphatic heterocycles. The molecule has 0 saturated carbocycles. The number of pyridine rings is 1. The Morgan fingerprint density at radius 2 is 2.11 bits per heavy atom. The number of carbonyl (C=O) groups excluding carboxylic acids is 1. The first-order chi connectivity index (χ1) is 8.67. The van der Waals surface area contributed by atoms with Crippen molar-refractivity contribution in [1.29, 1.82) is 0 Å². The second-order valence-electron chi connectivity index (χ2n) is 4.03. The highest BCUT2D eigenvalue weighted by molar-refractivity contribution is 9.10. The van der Waals surface area contributed by atoms with Gasteiger partial charge in [-0.05, 0) is 48.1 Å². The van der Waals surface area contributed by atoms with Crippen LogP contribution in [-0.2, 0) is 0 Å². The van der Waals surface area contributed by atoms with E-state index in [2.05, 4.69) is 45.0 Å². The highest BCUT2D eigenvalue weighted by Crippen LogP contribution is 2.09. The summed E-state index contributed by atoms with van der Waals surface area (Å²) < 4.78 is 0.818. The van der Waals surface area contributed by atoms with E-state index in [1.54, 1.807) is 18.5 Å². The van der Waals surface area contributed by atoms with E-state index in [4.69, 9.17) is 0 Å². The van der Waals surface area contributed by atoms with Crippen LogP contribution in [0.5, 0.6) is 0 Å². The van der Waals surface area contributed by atoms with Crippen LogP contribution < -0.4 is 5.32 Å². The van der Waals surface area contributed by atoms with Crippen LogP contribution in [-0.4, -0.2) is 42.0 Å². The maximum atomic E-state index is 11.8. The summed E-state index contributed by atoms with van der Waals surface area (Å²) in [4.78, 5) is 18.1. The summed E-state index contributed by atoms with van der Waals surface area (Å²) in [6.45, 7) is 8.12. The van der Waals surface area contributed by atoms with Crippen molar-refractivity contribution >= 4 is 21.8 Å². The van der Waals surface area contributed by atoms with E-state index in [1.165, 1.54) is 0 Å². The Bertz CT molecular complexity index is 380. The van der Waals surface area contributed by atoms with E-state index < -0.39 is 0 Å². The van der Waals surface area contributed by atoms with Crippen LogP contribution >= 0.6 is 15.9 Å². The Morgan fingerprint density at radius 1 is 1.39 bits per heavy atom. The molecule has 0 bridgehead atoms. The van der Waals surface area contributed by atoms with Gasteiger partial charge in [-0.2, -0.15) is 0 Å². The number of halogens is 1. The lowest BCUT2D eigenvalue weighted by Gasteiger charge is -2.17. The summed E-state index contributed by atoms with van der Waals surface area (Å²) in [5.41, 5.74) is 0.590. The van der Waals surface area contributed by atoms with Gasteiger partial charge in [-0.3, -0.25) is 9.78 Å². The molecule has 0 aromatic carbocycles. The second kappa shape index (κ2) is 8.21. The van der Waals surface area contributed by atoms with E-state index in [0.717, 1.165) is 30.5 Å². The lowest BCUT2D eigenvalue weighted by atomic mass is 10.2. The number of amides is 1. The number of hydrogen-bond donors (Lipinski definition) is 1. The molecule has 0 fully saturated rings. The molecule has 0 unspecified atom stereocenters. The fourth-order valence-electron chi connectivity index (χ4n) is 1.68. The Hall–Kier alpha value is -0.940. The van der Waals surface area contributed by atoms with Crippen LogP contribution in [0.4, 0.5) is 0 Å². The first-order valence-corrected chi connectivity index (χ1v) is 7.07. The van der Waals surface area contributed by atoms with E-state index in [9.17, 15) is 4.79 Å². The summed E-state index contributed by atoms with van der Waals surface area (Å²) in [7, 11) is 0. The lowest BCUT2D eigenvalue weighted by Crippen LogP contribution is -2.29. The molecule has 1 aromatic rings. The predicted octanol–water partition coefficient (Wildman–Crippen LogP) is 2.31. The lowest BCUT2D eigenvalue weighted by molar-refractivity contribution is 0.0951. The Morgan fingerprint density at radius 3 is 2.72 bits per heavy atom. The third-order valence-electron chi connectivity index (χ3n) is 2.80. The highest BCUT2D eigenvalue weighted by Gasteiger charge is 2.06. The van der Waals surface area contributed by atoms with Crippen LogP contribution in [0.1, 0.15) is 30.6 Å². The van der Waals surface area contributed by atoms with Crippen molar-refractivity contribution in [2.75, 3.05) is 26.2 Å². The van der Waals surface area contributed by atoms with Crippen molar-refractivity contribution in [1.82, 2.24) is 15.2 Å². The summed E-state index contributed by atoms with van der Waals surface area (Å²) >= 11 is 3.30. The van der Waals surface area contributed by atoms with Crippen molar-refractivity contribution in [2.45, 2.75) is 20.3 Å². The number of nitrogens with zero attached hydrogens (tertiary/aromatic N) is 2. The van der Waals surface area contributed by atoms with Gasteiger partial charge in [-0.15, -0.1) is 0 Å². The van der Waals surface area contributed by atoms with Crippen molar-refractivity contribution in [2.24, 2.45) is 0 Å². The van der Waals surface area contributed by atoms with Crippen LogP contribution in [0, 0.1) is 0 Å². The molecule has 0 atom stereocenters. The molecule has 0 aliphatic carbocycles. The van der Waals surface area contributed by atoms with Crippen molar-refractivity contribution in [3.8, 4) is 0 Å². The Labute approximate surface area is 117 Å². The predicted molar refractivity (Wildman–Crippen MR) is 76.7 cm³/mol. The summed E-state index contributed by atoms with van der Waals surface area (Å²) in [5.74, 6) is -0.0663. The van der Waals surface area contributed by atoms with Gasteiger partial charge in [0, 0.05) is 23.4 Å². The molecular weight excluding hydrogens is 294 g/mol. The number of carbonyl (C=O) groups is 1. The average molecular weight is 314 g/mol. The molecule has 0 aliphatic rings. The van der Waals surface area contributed by atoms with Gasteiger partial charge < -0.3 is 10.2 Å². The molecule has 1 aromatic heterocycles. The molecule has 100 valence electrons. The molecule has 0 spiro atoms. The van der Waals surface area contributed by atoms with Crippen LogP contribution in [0.25, 0.3) is 0 Å². The molecule has 1 N–H and O–H groups in total. The standard InChI is InChI=1S/C13H20BrN3O/c1-3-17(4-2)7-5-6-16-13(18)11-8-12(14)10-15-9-11/h8-10H,3-7H2,1-2H3,(H,16,18). The van der Waals surface area contributed by atoms with Gasteiger partial charge in [0.15, 0.2) is 0 Å². The maximum Gasteiger partial charge on any atom is 0.252 e. The minimum Gasteiger partial charge on any atom is -0.352 e. The fourth-order valence-corrected chi connectivity index (χ4v) is 2.05. The topological polar surface area (TPSA) is 45.2 Å². The zero-order valence-corrected chi connectivity index (χ0v) is 12.5. The van der Waals surface area contributed by atoms with E-state index in [1.807, 2.05) is 0 Å². The molecule has 0 radical (unpaired) electrons. The van der Waals surface area contributed by atoms with Gasteiger partial charge in [0.1, 0.15) is 0 Å². The molecule has 0 saturated heterocycles.